The molecule has 5 rings (SSSR count). The second-order valence-corrected chi connectivity index (χ2v) is 9.08. The van der Waals surface area contributed by atoms with Crippen LogP contribution < -0.4 is 10.1 Å². The van der Waals surface area contributed by atoms with Gasteiger partial charge >= 0.3 is 0 Å². The van der Waals surface area contributed by atoms with Crippen molar-refractivity contribution in [3.8, 4) is 5.69 Å². The van der Waals surface area contributed by atoms with Crippen LogP contribution in [-0.4, -0.2) is 14.0 Å². The third kappa shape index (κ3) is 2.81. The van der Waals surface area contributed by atoms with Crippen molar-refractivity contribution in [2.75, 3.05) is 0 Å². The predicted octanol–water partition coefficient (Wildman–Crippen LogP) is 4.79. The summed E-state index contributed by atoms with van der Waals surface area (Å²) in [6.07, 6.45) is 2.00. The Morgan fingerprint density at radius 3 is 2.50 bits per heavy atom. The molecule has 3 aromatic heterocycles. The second-order valence-electron chi connectivity index (χ2n) is 8.07. The number of nitrogens with zero attached hydrogens (tertiary/aromatic N) is 3. The average molecular weight is 414 g/mol. The van der Waals surface area contributed by atoms with Crippen LogP contribution in [0.5, 0.6) is 0 Å². The van der Waals surface area contributed by atoms with E-state index in [0.29, 0.717) is 4.53 Å². The van der Waals surface area contributed by atoms with Crippen LogP contribution in [0, 0.1) is 34.6 Å². The maximum atomic E-state index is 13.2. The van der Waals surface area contributed by atoms with Crippen LogP contribution in [0.25, 0.3) is 27.8 Å². The van der Waals surface area contributed by atoms with Gasteiger partial charge in [0.05, 0.1) is 15.6 Å². The minimum atomic E-state index is 0.00103. The summed E-state index contributed by atoms with van der Waals surface area (Å²) in [6, 6.07) is 14.7. The maximum absolute atomic E-state index is 13.2. The first-order valence-electron chi connectivity index (χ1n) is 10.0. The van der Waals surface area contributed by atoms with Gasteiger partial charge in [-0.3, -0.25) is 4.79 Å². The van der Waals surface area contributed by atoms with Gasteiger partial charge in [-0.05, 0) is 93.3 Å². The molecule has 4 nitrogen and oxygen atoms in total. The molecule has 0 aliphatic rings. The molecule has 0 spiro atoms. The van der Waals surface area contributed by atoms with Crippen molar-refractivity contribution in [3.05, 3.63) is 91.0 Å². The first-order valence-corrected chi connectivity index (χ1v) is 10.8. The topological polar surface area (TPSA) is 39.3 Å². The number of fused-ring (bicyclic) bond motifs is 3. The van der Waals surface area contributed by atoms with Gasteiger partial charge in [0.25, 0.3) is 5.56 Å². The van der Waals surface area contributed by atoms with Crippen molar-refractivity contribution >= 4 is 33.4 Å². The highest BCUT2D eigenvalue weighted by Crippen LogP contribution is 2.23. The molecule has 0 bridgehead atoms. The zero-order valence-corrected chi connectivity index (χ0v) is 18.6. The largest absolute Gasteiger partial charge is 0.318 e. The number of imidazole rings is 1. The lowest BCUT2D eigenvalue weighted by molar-refractivity contribution is 0.962. The van der Waals surface area contributed by atoms with Crippen molar-refractivity contribution in [3.63, 3.8) is 0 Å². The normalized spacial score (nSPS) is 12.5. The van der Waals surface area contributed by atoms with Crippen LogP contribution >= 0.6 is 11.3 Å². The number of aromatic nitrogens is 3. The van der Waals surface area contributed by atoms with Gasteiger partial charge in [0.1, 0.15) is 0 Å². The van der Waals surface area contributed by atoms with E-state index in [9.17, 15) is 4.79 Å². The Morgan fingerprint density at radius 2 is 1.73 bits per heavy atom. The molecule has 0 atom stereocenters. The fourth-order valence-electron chi connectivity index (χ4n) is 4.16. The number of hydrogen-bond acceptors (Lipinski definition) is 3. The van der Waals surface area contributed by atoms with Gasteiger partial charge in [-0.15, -0.1) is 0 Å². The lowest BCUT2D eigenvalue weighted by atomic mass is 10.1. The van der Waals surface area contributed by atoms with Gasteiger partial charge in [-0.2, -0.15) is 0 Å². The van der Waals surface area contributed by atoms with E-state index in [0.717, 1.165) is 38.6 Å². The summed E-state index contributed by atoms with van der Waals surface area (Å²) in [4.78, 5) is 18.7. The zero-order valence-electron chi connectivity index (χ0n) is 17.8. The number of aryl methyl sites for hydroxylation is 4. The Balaban J connectivity index is 1.71. The minimum Gasteiger partial charge on any atom is -0.318 e. The number of benzene rings is 2. The third-order valence-corrected chi connectivity index (χ3v) is 6.84. The van der Waals surface area contributed by atoms with Gasteiger partial charge in [0.2, 0.25) is 0 Å². The van der Waals surface area contributed by atoms with E-state index >= 15 is 0 Å². The van der Waals surface area contributed by atoms with Crippen molar-refractivity contribution < 1.29 is 0 Å². The molecule has 0 radical (unpaired) electrons. The van der Waals surface area contributed by atoms with E-state index in [-0.39, 0.29) is 5.56 Å². The van der Waals surface area contributed by atoms with E-state index in [1.165, 1.54) is 28.0 Å². The van der Waals surface area contributed by atoms with Crippen LogP contribution in [0.15, 0.2) is 47.3 Å². The highest BCUT2D eigenvalue weighted by atomic mass is 32.1. The van der Waals surface area contributed by atoms with Crippen molar-refractivity contribution in [2.24, 2.45) is 0 Å². The summed E-state index contributed by atoms with van der Waals surface area (Å²) in [5.74, 6) is 0. The quantitative estimate of drug-likeness (QED) is 0.417. The van der Waals surface area contributed by atoms with Gasteiger partial charge in [0.15, 0.2) is 4.96 Å². The van der Waals surface area contributed by atoms with Crippen molar-refractivity contribution in [1.82, 2.24) is 14.0 Å². The molecule has 0 saturated heterocycles. The zero-order chi connectivity index (χ0) is 21.2. The molecule has 0 saturated carbocycles. The molecule has 150 valence electrons. The molecular weight excluding hydrogens is 390 g/mol. The molecule has 0 N–H and O–H groups in total. The molecule has 0 unspecified atom stereocenters. The van der Waals surface area contributed by atoms with Gasteiger partial charge in [0, 0.05) is 17.1 Å². The standard InChI is InChI=1S/C25H23N3OS/c1-14-7-6-8-20(9-14)27-17(4)12-19(18(27)5)13-23-24(29)28-22-11-16(3)15(2)10-21(22)26-25(28)30-23/h6-13H,1-5H3/b23-13-. The Morgan fingerprint density at radius 1 is 0.967 bits per heavy atom. The molecule has 30 heavy (non-hydrogen) atoms. The van der Waals surface area contributed by atoms with Crippen LogP contribution in [0.4, 0.5) is 0 Å². The van der Waals surface area contributed by atoms with E-state index in [4.69, 9.17) is 4.98 Å². The molecule has 2 aromatic carbocycles. The highest BCUT2D eigenvalue weighted by Gasteiger charge is 2.14. The monoisotopic (exact) mass is 413 g/mol. The fourth-order valence-corrected chi connectivity index (χ4v) is 5.14. The van der Waals surface area contributed by atoms with Crippen LogP contribution in [0.2, 0.25) is 0 Å². The Bertz CT molecular complexity index is 1570. The number of rotatable bonds is 2. The van der Waals surface area contributed by atoms with Crippen LogP contribution in [0.3, 0.4) is 0 Å². The lowest BCUT2D eigenvalue weighted by Crippen LogP contribution is -2.22. The number of thiazole rings is 1. The average Bonchev–Trinajstić information content (AvgIpc) is 3.27. The van der Waals surface area contributed by atoms with Gasteiger partial charge < -0.3 is 4.57 Å². The number of hydrogen-bond donors (Lipinski definition) is 0. The second kappa shape index (κ2) is 6.67. The smallest absolute Gasteiger partial charge is 0.274 e. The highest BCUT2D eigenvalue weighted by molar-refractivity contribution is 7.15. The molecule has 0 aliphatic carbocycles. The van der Waals surface area contributed by atoms with E-state index in [2.05, 4.69) is 81.7 Å². The molecule has 0 aliphatic heterocycles. The summed E-state index contributed by atoms with van der Waals surface area (Å²) in [6.45, 7) is 10.4. The summed E-state index contributed by atoms with van der Waals surface area (Å²) >= 11 is 1.45. The molecule has 5 aromatic rings. The minimum absolute atomic E-state index is 0.00103. The van der Waals surface area contributed by atoms with E-state index in [1.54, 1.807) is 4.40 Å². The van der Waals surface area contributed by atoms with E-state index in [1.807, 2.05) is 6.08 Å². The third-order valence-electron chi connectivity index (χ3n) is 5.87. The lowest BCUT2D eigenvalue weighted by Gasteiger charge is -2.10. The molecule has 0 amide bonds. The fraction of sp³-hybridized carbons (Fsp3) is 0.200. The first kappa shape index (κ1) is 18.8. The molecule has 5 heteroatoms. The Hall–Kier alpha value is -3.18. The summed E-state index contributed by atoms with van der Waals surface area (Å²) in [5.41, 5.74) is 9.83. The molecule has 3 heterocycles. The molecular formula is C25H23N3OS. The Labute approximate surface area is 178 Å². The van der Waals surface area contributed by atoms with Crippen molar-refractivity contribution in [2.45, 2.75) is 34.6 Å². The Kier molecular flexibility index (Phi) is 4.19. The SMILES string of the molecule is Cc1cccc(-n2c(C)cc(/C=c3\sc4nc5cc(C)c(C)cc5n4c3=O)c2C)c1. The van der Waals surface area contributed by atoms with Gasteiger partial charge in [-0.1, -0.05) is 23.5 Å². The van der Waals surface area contributed by atoms with Crippen molar-refractivity contribution in [1.29, 1.82) is 0 Å². The summed E-state index contributed by atoms with van der Waals surface area (Å²) in [5, 5.41) is 0. The van der Waals surface area contributed by atoms with Gasteiger partial charge in [-0.25, -0.2) is 9.38 Å². The predicted molar refractivity (Wildman–Crippen MR) is 125 cm³/mol. The van der Waals surface area contributed by atoms with Crippen LogP contribution in [-0.2, 0) is 0 Å². The van der Waals surface area contributed by atoms with E-state index < -0.39 is 0 Å². The maximum Gasteiger partial charge on any atom is 0.274 e. The van der Waals surface area contributed by atoms with Crippen LogP contribution in [0.1, 0.15) is 33.6 Å². The summed E-state index contributed by atoms with van der Waals surface area (Å²) in [7, 11) is 0. The molecule has 0 fully saturated rings. The first-order chi connectivity index (χ1) is 14.3. The summed E-state index contributed by atoms with van der Waals surface area (Å²) < 4.78 is 4.70.